The van der Waals surface area contributed by atoms with E-state index in [0.29, 0.717) is 19.1 Å². The lowest BCUT2D eigenvalue weighted by molar-refractivity contribution is 0.0647. The summed E-state index contributed by atoms with van der Waals surface area (Å²) < 4.78 is 2.40. The van der Waals surface area contributed by atoms with E-state index in [1.807, 2.05) is 0 Å². The second-order valence-electron chi connectivity index (χ2n) is 10.2. The van der Waals surface area contributed by atoms with Crippen molar-refractivity contribution < 1.29 is 5.11 Å². The van der Waals surface area contributed by atoms with Gasteiger partial charge in [-0.05, 0) is 42.8 Å². The van der Waals surface area contributed by atoms with Crippen LogP contribution >= 0.6 is 0 Å². The van der Waals surface area contributed by atoms with Crippen LogP contribution in [0.2, 0.25) is 0 Å². The molecule has 0 spiro atoms. The summed E-state index contributed by atoms with van der Waals surface area (Å²) in [6.07, 6.45) is 3.28. The van der Waals surface area contributed by atoms with Crippen LogP contribution in [-0.4, -0.2) is 39.8 Å². The Labute approximate surface area is 213 Å². The molecule has 6 rings (SSSR count). The van der Waals surface area contributed by atoms with Gasteiger partial charge in [0.05, 0.1) is 23.9 Å². The lowest BCUT2D eigenvalue weighted by Gasteiger charge is -2.35. The first-order valence-corrected chi connectivity index (χ1v) is 13.3. The number of aliphatic hydroxyl groups excluding tert-OH is 1. The molecule has 1 aliphatic heterocycles. The number of hydrogen-bond donors (Lipinski definition) is 1. The second-order valence-corrected chi connectivity index (χ2v) is 10.2. The molecular weight excluding hydrogens is 440 g/mol. The lowest BCUT2D eigenvalue weighted by Crippen LogP contribution is -2.43. The number of benzene rings is 4. The van der Waals surface area contributed by atoms with E-state index in [2.05, 4.69) is 113 Å². The number of fused-ring (bicyclic) bond motifs is 3. The van der Waals surface area contributed by atoms with Crippen molar-refractivity contribution in [1.29, 1.82) is 0 Å². The molecule has 5 aromatic rings. The Morgan fingerprint density at radius 1 is 0.750 bits per heavy atom. The molecule has 0 amide bonds. The smallest absolute Gasteiger partial charge is 0.0846 e. The van der Waals surface area contributed by atoms with E-state index in [4.69, 9.17) is 0 Å². The third-order valence-corrected chi connectivity index (χ3v) is 7.84. The molecule has 1 aliphatic rings. The fraction of sp³-hybridized carbons (Fsp3) is 0.273. The average Bonchev–Trinajstić information content (AvgIpc) is 3.25. The van der Waals surface area contributed by atoms with Crippen LogP contribution in [0.15, 0.2) is 97.1 Å². The van der Waals surface area contributed by atoms with E-state index in [1.54, 1.807) is 0 Å². The van der Waals surface area contributed by atoms with Gasteiger partial charge >= 0.3 is 0 Å². The molecule has 2 heterocycles. The summed E-state index contributed by atoms with van der Waals surface area (Å²) in [7, 11) is 0. The zero-order chi connectivity index (χ0) is 24.5. The highest BCUT2D eigenvalue weighted by Crippen LogP contribution is 2.43. The van der Waals surface area contributed by atoms with Crippen LogP contribution in [0.4, 0.5) is 0 Å². The molecule has 0 aliphatic carbocycles. The molecule has 3 heteroatoms. The molecule has 1 aromatic heterocycles. The molecule has 1 saturated heterocycles. The average molecular weight is 475 g/mol. The Balaban J connectivity index is 1.58. The van der Waals surface area contributed by atoms with Crippen LogP contribution in [0.3, 0.4) is 0 Å². The highest BCUT2D eigenvalue weighted by Gasteiger charge is 2.25. The first-order chi connectivity index (χ1) is 17.7. The molecule has 2 unspecified atom stereocenters. The van der Waals surface area contributed by atoms with E-state index in [9.17, 15) is 5.11 Å². The van der Waals surface area contributed by atoms with E-state index >= 15 is 0 Å². The summed E-state index contributed by atoms with van der Waals surface area (Å²) in [6.45, 7) is 4.65. The van der Waals surface area contributed by atoms with Gasteiger partial charge in [0.1, 0.15) is 0 Å². The maximum absolute atomic E-state index is 11.5. The van der Waals surface area contributed by atoms with Crippen LogP contribution in [0.5, 0.6) is 0 Å². The number of β-amino-alcohol motifs (C(OH)–C–C–N with tert-alkyl or cyclic N) is 1. The van der Waals surface area contributed by atoms with E-state index in [1.165, 1.54) is 63.3 Å². The highest BCUT2D eigenvalue weighted by molar-refractivity contribution is 6.15. The number of aliphatic hydroxyl groups is 1. The summed E-state index contributed by atoms with van der Waals surface area (Å²) in [5.41, 5.74) is 6.00. The molecule has 3 nitrogen and oxygen atoms in total. The van der Waals surface area contributed by atoms with E-state index in [0.717, 1.165) is 6.54 Å². The maximum Gasteiger partial charge on any atom is 0.0846 e. The van der Waals surface area contributed by atoms with Crippen molar-refractivity contribution in [3.63, 3.8) is 0 Å². The van der Waals surface area contributed by atoms with Gasteiger partial charge < -0.3 is 9.67 Å². The Hall–Kier alpha value is -3.40. The summed E-state index contributed by atoms with van der Waals surface area (Å²) in [4.78, 5) is 2.47. The van der Waals surface area contributed by atoms with Crippen molar-refractivity contribution in [2.24, 2.45) is 0 Å². The fourth-order valence-electron chi connectivity index (χ4n) is 6.07. The van der Waals surface area contributed by atoms with Crippen molar-refractivity contribution in [1.82, 2.24) is 9.47 Å². The zero-order valence-electron chi connectivity index (χ0n) is 21.0. The Morgan fingerprint density at radius 3 is 2.19 bits per heavy atom. The van der Waals surface area contributed by atoms with Crippen LogP contribution in [0, 0.1) is 0 Å². The molecule has 1 N–H and O–H groups in total. The standard InChI is InChI=1S/C33H34N2O/c1-24-12-10-11-21-34(24)22-28(36)23-35-32(27-16-6-3-7-17-27)31(26-14-4-2-5-15-26)30-20-19-25-13-8-9-18-29(25)33(30)35/h2-9,13-20,24,28,36H,10-12,21-23H2,1H3. The number of piperidine rings is 1. The van der Waals surface area contributed by atoms with Crippen LogP contribution in [0.1, 0.15) is 26.2 Å². The molecule has 36 heavy (non-hydrogen) atoms. The third kappa shape index (κ3) is 4.23. The first-order valence-electron chi connectivity index (χ1n) is 13.3. The van der Waals surface area contributed by atoms with Crippen molar-refractivity contribution in [2.45, 2.75) is 44.9 Å². The minimum atomic E-state index is -0.453. The SMILES string of the molecule is CC1CCCCN1CC(O)Cn1c(-c2ccccc2)c(-c2ccccc2)c2ccc3ccccc3c21. The number of likely N-dealkylation sites (tertiary alicyclic amines) is 1. The molecule has 0 radical (unpaired) electrons. The van der Waals surface area contributed by atoms with Gasteiger partial charge in [-0.1, -0.05) is 103 Å². The molecule has 1 fully saturated rings. The summed E-state index contributed by atoms with van der Waals surface area (Å²) in [5.74, 6) is 0. The number of nitrogens with zero attached hydrogens (tertiary/aromatic N) is 2. The van der Waals surface area contributed by atoms with Gasteiger partial charge in [0.2, 0.25) is 0 Å². The largest absolute Gasteiger partial charge is 0.390 e. The maximum atomic E-state index is 11.5. The topological polar surface area (TPSA) is 28.4 Å². The van der Waals surface area contributed by atoms with E-state index < -0.39 is 6.10 Å². The van der Waals surface area contributed by atoms with Gasteiger partial charge in [-0.3, -0.25) is 4.90 Å². The van der Waals surface area contributed by atoms with Crippen molar-refractivity contribution in [3.05, 3.63) is 97.1 Å². The predicted molar refractivity (Wildman–Crippen MR) is 151 cm³/mol. The molecule has 4 aromatic carbocycles. The Bertz CT molecular complexity index is 1470. The Kier molecular flexibility index (Phi) is 6.35. The molecular formula is C33H34N2O. The first kappa shape index (κ1) is 23.0. The molecule has 2 atom stereocenters. The quantitative estimate of drug-likeness (QED) is 0.278. The fourth-order valence-corrected chi connectivity index (χ4v) is 6.07. The summed E-state index contributed by atoms with van der Waals surface area (Å²) in [5, 5.41) is 15.2. The molecule has 0 saturated carbocycles. The van der Waals surface area contributed by atoms with Gasteiger partial charge in [0.25, 0.3) is 0 Å². The molecule has 0 bridgehead atoms. The Morgan fingerprint density at radius 2 is 1.44 bits per heavy atom. The van der Waals surface area contributed by atoms with E-state index in [-0.39, 0.29) is 0 Å². The van der Waals surface area contributed by atoms with Gasteiger partial charge in [-0.25, -0.2) is 0 Å². The number of hydrogen-bond acceptors (Lipinski definition) is 2. The predicted octanol–water partition coefficient (Wildman–Crippen LogP) is 7.36. The van der Waals surface area contributed by atoms with Gasteiger partial charge in [0.15, 0.2) is 0 Å². The van der Waals surface area contributed by atoms with Crippen LogP contribution in [0.25, 0.3) is 44.1 Å². The highest BCUT2D eigenvalue weighted by atomic mass is 16.3. The number of rotatable bonds is 6. The second kappa shape index (κ2) is 9.93. The minimum Gasteiger partial charge on any atom is -0.390 e. The van der Waals surface area contributed by atoms with Crippen molar-refractivity contribution in [3.8, 4) is 22.4 Å². The lowest BCUT2D eigenvalue weighted by atomic mass is 9.97. The monoisotopic (exact) mass is 474 g/mol. The van der Waals surface area contributed by atoms with Crippen LogP contribution in [-0.2, 0) is 6.54 Å². The summed E-state index contributed by atoms with van der Waals surface area (Å²) >= 11 is 0. The third-order valence-electron chi connectivity index (χ3n) is 7.84. The summed E-state index contributed by atoms with van der Waals surface area (Å²) in [6, 6.07) is 35.0. The van der Waals surface area contributed by atoms with Gasteiger partial charge in [0, 0.05) is 28.9 Å². The minimum absolute atomic E-state index is 0.453. The van der Waals surface area contributed by atoms with Gasteiger partial charge in [-0.15, -0.1) is 0 Å². The molecule has 182 valence electrons. The van der Waals surface area contributed by atoms with Crippen LogP contribution < -0.4 is 0 Å². The normalized spacial score (nSPS) is 17.6. The van der Waals surface area contributed by atoms with Gasteiger partial charge in [-0.2, -0.15) is 0 Å². The van der Waals surface area contributed by atoms with Crippen molar-refractivity contribution in [2.75, 3.05) is 13.1 Å². The number of aromatic nitrogens is 1. The zero-order valence-corrected chi connectivity index (χ0v) is 21.0. The van der Waals surface area contributed by atoms with Crippen molar-refractivity contribution >= 4 is 21.7 Å².